The van der Waals surface area contributed by atoms with Gasteiger partial charge in [0, 0.05) is 94.8 Å². The Morgan fingerprint density at radius 3 is 1.29 bits per heavy atom. The van der Waals surface area contributed by atoms with Crippen LogP contribution in [0.15, 0.2) is 26.8 Å². The Hall–Kier alpha value is -2.50. The number of hydrogen-bond donors (Lipinski definition) is 11. The third-order valence-corrected chi connectivity index (χ3v) is 14.8. The molecule has 5 atom stereocenters. The Labute approximate surface area is 686 Å². The Kier molecular flexibility index (Phi) is 102. The molecule has 0 saturated carbocycles. The molecular weight excluding hydrogens is 1590 g/mol. The molecule has 99 heavy (non-hydrogen) atoms. The van der Waals surface area contributed by atoms with E-state index in [1.54, 1.807) is 41.5 Å². The number of aliphatic hydroxyl groups is 4. The zero-order chi connectivity index (χ0) is 75.4. The zero-order valence-corrected chi connectivity index (χ0v) is 71.2. The molecule has 37 nitrogen and oxygen atoms in total. The van der Waals surface area contributed by atoms with Crippen LogP contribution < -0.4 is 105 Å². The fraction of sp³-hybridized carbons (Fsp3) is 0.580. The molecule has 0 aromatic carbocycles. The number of hydrogen-bond acceptors (Lipinski definition) is 40. The van der Waals surface area contributed by atoms with Gasteiger partial charge in [0.15, 0.2) is 19.6 Å². The van der Waals surface area contributed by atoms with E-state index in [9.17, 15) is 82.1 Å². The number of nitrogens with two attached hydrogens (primary N) is 1. The number of aliphatic hydroxyl groups excluding tert-OH is 2. The van der Waals surface area contributed by atoms with Crippen molar-refractivity contribution in [3.63, 3.8) is 0 Å². The van der Waals surface area contributed by atoms with Crippen molar-refractivity contribution < 1.29 is 263 Å². The maximum atomic E-state index is 11.6. The van der Waals surface area contributed by atoms with Crippen molar-refractivity contribution in [3.8, 4) is 0 Å². The molecule has 0 radical (unpaired) electrons. The van der Waals surface area contributed by atoms with E-state index >= 15 is 0 Å². The van der Waals surface area contributed by atoms with Crippen molar-refractivity contribution in [1.82, 2.24) is 5.32 Å². The minimum Gasteiger partial charge on any atom is -1.00 e. The maximum Gasteiger partial charge on any atom is 1.00 e. The van der Waals surface area contributed by atoms with Gasteiger partial charge in [0.1, 0.15) is 18.0 Å². The summed E-state index contributed by atoms with van der Waals surface area (Å²) in [6.45, 7) is 18.2. The van der Waals surface area contributed by atoms with Gasteiger partial charge in [-0.25, -0.2) is 33.6 Å². The number of aliphatic carboxylic acids is 3. The molecule has 0 bridgehead atoms. The number of carbonyl (C=O) groups is 15. The topological polar surface area (TPSA) is 600 Å². The monoisotopic (exact) mass is 1680 g/mol. The average molecular weight is 1680 g/mol. The summed E-state index contributed by atoms with van der Waals surface area (Å²) in [5, 5.41) is 72.7. The summed E-state index contributed by atoms with van der Waals surface area (Å²) in [7, 11) is 1.00. The fourth-order valence-electron chi connectivity index (χ4n) is 3.95. The number of rotatable bonds is 21. The summed E-state index contributed by atoms with van der Waals surface area (Å²) in [4.78, 5) is 174. The minimum absolute atomic E-state index is 0. The zero-order valence-electron chi connectivity index (χ0n) is 58.7. The number of carboxylic acid groups (broad SMARTS) is 3. The maximum absolute atomic E-state index is 11.6. The van der Waals surface area contributed by atoms with Gasteiger partial charge < -0.3 is 93.1 Å². The molecule has 49 heteroatoms. The molecular formula is C50H84BrN2Na3O35S8. The summed E-state index contributed by atoms with van der Waals surface area (Å²) in [5.74, 6) is -8.61. The van der Waals surface area contributed by atoms with Crippen LogP contribution >= 0.6 is 113 Å². The van der Waals surface area contributed by atoms with Gasteiger partial charge in [-0.05, 0) is 57.5 Å². The van der Waals surface area contributed by atoms with Crippen LogP contribution in [0.4, 0.5) is 0 Å². The quantitative estimate of drug-likeness (QED) is 0.00434. The molecule has 0 aromatic heterocycles. The predicted molar refractivity (Wildman–Crippen MR) is 361 cm³/mol. The van der Waals surface area contributed by atoms with Crippen molar-refractivity contribution in [2.45, 2.75) is 110 Å². The van der Waals surface area contributed by atoms with Crippen LogP contribution in [0.5, 0.6) is 0 Å². The average Bonchev–Trinajstić information content (AvgIpc) is 1.67. The largest absolute Gasteiger partial charge is 1.00 e. The van der Waals surface area contributed by atoms with E-state index in [1.165, 1.54) is 45.4 Å². The molecule has 2 aliphatic heterocycles. The number of nitrogens with one attached hydrogen (secondary N) is 1. The summed E-state index contributed by atoms with van der Waals surface area (Å²) >= 11 is 14.5. The van der Waals surface area contributed by atoms with Gasteiger partial charge in [0.05, 0.1) is 33.0 Å². The minimum atomic E-state index is -1.85. The molecule has 12 N–H and O–H groups in total. The molecule has 2 aliphatic rings. The number of carbonyl (C=O) groups excluding carboxylic acids is 13. The summed E-state index contributed by atoms with van der Waals surface area (Å²) < 4.78 is 31.3. The number of carboxylic acids is 3. The van der Waals surface area contributed by atoms with E-state index in [2.05, 4.69) is 84.9 Å². The number of halogens is 1. The summed E-state index contributed by atoms with van der Waals surface area (Å²) in [6.07, 6.45) is 0. The van der Waals surface area contributed by atoms with Crippen molar-refractivity contribution in [2.24, 2.45) is 5.73 Å². The molecule has 3 unspecified atom stereocenters. The number of thiol groups is 2. The molecule has 0 amide bonds. The smallest absolute Gasteiger partial charge is 1.00 e. The summed E-state index contributed by atoms with van der Waals surface area (Å²) in [6, 6.07) is -1.53. The van der Waals surface area contributed by atoms with Gasteiger partial charge in [0.2, 0.25) is 21.4 Å². The molecule has 562 valence electrons. The van der Waals surface area contributed by atoms with Crippen LogP contribution in [0, 0.1) is 0 Å². The van der Waals surface area contributed by atoms with Gasteiger partial charge in [-0.3, -0.25) is 53.4 Å². The van der Waals surface area contributed by atoms with Crippen LogP contribution in [0.1, 0.15) is 85.9 Å². The van der Waals surface area contributed by atoms with Crippen LogP contribution in [0.2, 0.25) is 0 Å². The Bertz CT molecular complexity index is 2500. The van der Waals surface area contributed by atoms with E-state index in [0.29, 0.717) is 29.3 Å². The molecule has 0 spiro atoms. The Balaban J connectivity index is -0.0000000649. The predicted octanol–water partition coefficient (Wildman–Crippen LogP) is -9.49. The first-order valence-corrected chi connectivity index (χ1v) is 32.3. The van der Waals surface area contributed by atoms with Crippen molar-refractivity contribution in [3.05, 3.63) is 26.8 Å². The van der Waals surface area contributed by atoms with E-state index < -0.39 is 104 Å². The van der Waals surface area contributed by atoms with Crippen molar-refractivity contribution in [1.29, 1.82) is 0 Å². The second-order valence-electron chi connectivity index (χ2n) is 14.9. The van der Waals surface area contributed by atoms with E-state index in [4.69, 9.17) is 50.8 Å². The Morgan fingerprint density at radius 1 is 0.667 bits per heavy atom. The summed E-state index contributed by atoms with van der Waals surface area (Å²) in [5.41, 5.74) is 4.94. The standard InChI is InChI=1S/C10H16O7S2.C9H12O5S.C8H13NO4S2.C7H8O5S.C5H5BrO3.C4H6O3.C3H7NO2S.C2H6O.CH2O3.CH4O.3Na.H2O.H2S.2H/c1-3-15-7(11)9(13)5-19-10(14,6-18-9)8(12)17-16-4-2;1-4-13-9(12)8(14-6(2)10)5-15-7(3)11;1-2-13-7(12)8(4-14)9-5(3-15-8)6(10)11;1-4(8)12-6(7(10)11)3-13-5(2)9;1-2-9-5(8)4(6)3-7;1-3(5)7-4(2)6;4-2(1-7)3(5)6;1-2-3;2-1-4-3;1-2;;;;;;;/h13-14H,3-6H2,1-2H3;5H,4H2,1-3H3;5,9,14H,2-4H2,1H3,(H,10,11);3H,1-2H3,(H,10,11);2H2,1H3;1-2H3;2,7H,1,4H2,(H,5,6);3H,2H2,1H3;1,3H;2H,1H3;;;;2*1H2;;/q;;;;;;;;;;3*+1;;;2*-1/p-1/b;8-5-;;6-3-;;;;;;;;;;;;;/t;;5-,8?;;;;2-;;;;;;;;;;/m..0...0........../s1. The normalized spacial score (nSPS) is 16.2. The van der Waals surface area contributed by atoms with Crippen LogP contribution in [-0.2, 0) is 125 Å². The van der Waals surface area contributed by atoms with Crippen LogP contribution in [0.3, 0.4) is 0 Å². The first kappa shape index (κ1) is 126. The number of thioether (sulfide) groups is 5. The molecule has 2 saturated heterocycles. The van der Waals surface area contributed by atoms with E-state index in [1.807, 2.05) is 0 Å². The molecule has 0 aromatic rings. The first-order valence-electron chi connectivity index (χ1n) is 25.5. The third-order valence-electron chi connectivity index (χ3n) is 7.45. The SMILES string of the molecule is CC(=O)O/C(=C\SC(C)=O)C(=O)O.CC(=O)OC(C)=O.CCO.CCOC(=O)/C(=C/SC(C)=O)OC(C)=O.CCOC(=O)C(Br)=C=O.CCOC(=O)C1(CS)N[C@H](C(=O)O)CS1.CCOOC(=O)C1(O)CSC(O)(C(=O)OCC)CS1.CO.N[C@@H](CS)C(=O)O.O.O=CO[O-].S.[H-].[H-].[Na+].[Na+].[Na+]. The molecule has 2 fully saturated rings. The Morgan fingerprint density at radius 2 is 1.03 bits per heavy atom. The van der Waals surface area contributed by atoms with Crippen molar-refractivity contribution in [2.75, 3.05) is 75.5 Å². The van der Waals surface area contributed by atoms with Gasteiger partial charge >= 0.3 is 160 Å². The fourth-order valence-corrected chi connectivity index (χ4v) is 9.18. The second-order valence-corrected chi connectivity index (χ2v) is 22.3. The van der Waals surface area contributed by atoms with Crippen LogP contribution in [0.25, 0.3) is 0 Å². The third kappa shape index (κ3) is 73.6. The van der Waals surface area contributed by atoms with Gasteiger partial charge in [0.25, 0.3) is 6.47 Å². The van der Waals surface area contributed by atoms with Gasteiger partial charge in [-0.15, -0.1) is 35.3 Å². The van der Waals surface area contributed by atoms with E-state index in [0.717, 1.165) is 55.3 Å². The molecule has 0 aliphatic carbocycles. The number of ether oxygens (including phenoxy) is 7. The van der Waals surface area contributed by atoms with Gasteiger partial charge in [-0.1, -0.05) is 23.5 Å². The van der Waals surface area contributed by atoms with Gasteiger partial charge in [-0.2, -0.15) is 43.6 Å². The van der Waals surface area contributed by atoms with Crippen molar-refractivity contribution >= 4 is 208 Å². The second kappa shape index (κ2) is 79.6. The molecule has 2 rings (SSSR count). The number of esters is 8. The van der Waals surface area contributed by atoms with Crippen LogP contribution in [-0.4, -0.2) is 238 Å². The first-order chi connectivity index (χ1) is 43.7. The van der Waals surface area contributed by atoms with E-state index in [-0.39, 0.29) is 200 Å². The molecule has 2 heterocycles.